The molecule has 6 heteroatoms. The van der Waals surface area contributed by atoms with Crippen molar-refractivity contribution in [2.75, 3.05) is 12.5 Å². The predicted molar refractivity (Wildman–Crippen MR) is 131 cm³/mol. The lowest BCUT2D eigenvalue weighted by atomic mass is 10.1. The number of aromatic hydroxyl groups is 1. The van der Waals surface area contributed by atoms with E-state index in [9.17, 15) is 5.11 Å². The van der Waals surface area contributed by atoms with Gasteiger partial charge in [-0.05, 0) is 54.1 Å². The third-order valence-electron chi connectivity index (χ3n) is 4.66. The number of hydrogen-bond donors (Lipinski definition) is 2. The maximum Gasteiger partial charge on any atom is 0.124 e. The second-order valence-corrected chi connectivity index (χ2v) is 7.71. The average molecular weight is 474 g/mol. The number of hydrogen-bond acceptors (Lipinski definition) is 5. The molecule has 0 bridgehead atoms. The molecular weight excluding hydrogens is 454 g/mol. The highest BCUT2D eigenvalue weighted by Gasteiger charge is 2.07. The summed E-state index contributed by atoms with van der Waals surface area (Å²) in [7, 11) is 1.63. The van der Waals surface area contributed by atoms with E-state index in [2.05, 4.69) is 26.5 Å². The van der Waals surface area contributed by atoms with Crippen LogP contribution in [0.1, 0.15) is 16.8 Å². The molecule has 0 atom stereocenters. The molecule has 0 aliphatic rings. The molecule has 0 fully saturated rings. The van der Waals surface area contributed by atoms with E-state index in [0.717, 1.165) is 38.1 Å². The van der Waals surface area contributed by atoms with Crippen molar-refractivity contribution in [2.45, 2.75) is 0 Å². The maximum absolute atomic E-state index is 10.0. The summed E-state index contributed by atoms with van der Waals surface area (Å²) in [6.45, 7) is 0. The Morgan fingerprint density at radius 3 is 2.65 bits per heavy atom. The summed E-state index contributed by atoms with van der Waals surface area (Å²) in [6, 6.07) is 22.9. The highest BCUT2D eigenvalue weighted by molar-refractivity contribution is 9.10. The van der Waals surface area contributed by atoms with Crippen LogP contribution in [0.3, 0.4) is 0 Å². The van der Waals surface area contributed by atoms with E-state index in [1.165, 1.54) is 0 Å². The minimum absolute atomic E-state index is 0.154. The summed E-state index contributed by atoms with van der Waals surface area (Å²) in [4.78, 5) is 4.74. The van der Waals surface area contributed by atoms with Crippen molar-refractivity contribution in [3.63, 3.8) is 0 Å². The van der Waals surface area contributed by atoms with Crippen LogP contribution < -0.4 is 10.2 Å². The first-order chi connectivity index (χ1) is 15.1. The lowest BCUT2D eigenvalue weighted by Gasteiger charge is -2.09. The molecule has 1 heterocycles. The smallest absolute Gasteiger partial charge is 0.124 e. The standard InChI is InChI=1S/C25H20BrN3O2/c1-31-21-10-11-23-22(15-21)24(29-27-16-18-13-19(26)8-12-25(18)30)14-20(28-23)9-7-17-5-3-2-4-6-17/h2-16,30H,1H3,(H,28,29). The van der Waals surface area contributed by atoms with Crippen LogP contribution in [0.5, 0.6) is 11.5 Å². The van der Waals surface area contributed by atoms with Crippen LogP contribution in [0, 0.1) is 0 Å². The van der Waals surface area contributed by atoms with Crippen molar-refractivity contribution < 1.29 is 9.84 Å². The van der Waals surface area contributed by atoms with Gasteiger partial charge in [-0.25, -0.2) is 4.98 Å². The summed E-state index contributed by atoms with van der Waals surface area (Å²) in [6.07, 6.45) is 5.56. The highest BCUT2D eigenvalue weighted by Crippen LogP contribution is 2.28. The summed E-state index contributed by atoms with van der Waals surface area (Å²) in [5, 5.41) is 15.2. The zero-order chi connectivity index (χ0) is 21.6. The van der Waals surface area contributed by atoms with E-state index in [4.69, 9.17) is 9.72 Å². The quantitative estimate of drug-likeness (QED) is 0.253. The molecule has 0 spiro atoms. The number of ether oxygens (including phenoxy) is 1. The molecule has 1 aromatic heterocycles. The van der Waals surface area contributed by atoms with Gasteiger partial charge in [0.1, 0.15) is 11.5 Å². The first-order valence-electron chi connectivity index (χ1n) is 9.62. The molecular formula is C25H20BrN3O2. The van der Waals surface area contributed by atoms with Crippen molar-refractivity contribution in [3.8, 4) is 11.5 Å². The van der Waals surface area contributed by atoms with Gasteiger partial charge in [0, 0.05) is 15.4 Å². The fourth-order valence-corrected chi connectivity index (χ4v) is 3.45. The van der Waals surface area contributed by atoms with Gasteiger partial charge in [-0.3, -0.25) is 5.43 Å². The highest BCUT2D eigenvalue weighted by atomic mass is 79.9. The van der Waals surface area contributed by atoms with Crippen molar-refractivity contribution in [1.29, 1.82) is 0 Å². The number of phenolic OH excluding ortho intramolecular Hbond substituents is 1. The van der Waals surface area contributed by atoms with Gasteiger partial charge in [0.2, 0.25) is 0 Å². The number of methoxy groups -OCH3 is 1. The molecule has 0 aliphatic carbocycles. The number of halogens is 1. The van der Waals surface area contributed by atoms with Crippen molar-refractivity contribution in [3.05, 3.63) is 94.1 Å². The summed E-state index contributed by atoms with van der Waals surface area (Å²) in [5.74, 6) is 0.889. The van der Waals surface area contributed by atoms with Crippen LogP contribution >= 0.6 is 15.9 Å². The molecule has 4 aromatic rings. The number of rotatable bonds is 6. The summed E-state index contributed by atoms with van der Waals surface area (Å²) < 4.78 is 6.23. The molecule has 3 aromatic carbocycles. The third kappa shape index (κ3) is 5.10. The summed E-state index contributed by atoms with van der Waals surface area (Å²) in [5.41, 5.74) is 7.17. The normalized spacial score (nSPS) is 11.4. The Morgan fingerprint density at radius 2 is 1.84 bits per heavy atom. The molecule has 0 aliphatic heterocycles. The molecule has 4 rings (SSSR count). The van der Waals surface area contributed by atoms with Gasteiger partial charge < -0.3 is 9.84 Å². The fourth-order valence-electron chi connectivity index (χ4n) is 3.08. The molecule has 2 N–H and O–H groups in total. The van der Waals surface area contributed by atoms with E-state index in [1.54, 1.807) is 31.5 Å². The molecule has 0 radical (unpaired) electrons. The van der Waals surface area contributed by atoms with Crippen molar-refractivity contribution in [1.82, 2.24) is 4.98 Å². The molecule has 31 heavy (non-hydrogen) atoms. The second kappa shape index (κ2) is 9.45. The molecule has 5 nitrogen and oxygen atoms in total. The number of phenols is 1. The first-order valence-corrected chi connectivity index (χ1v) is 10.4. The van der Waals surface area contributed by atoms with Gasteiger partial charge in [-0.1, -0.05) is 52.3 Å². The molecule has 0 unspecified atom stereocenters. The van der Waals surface area contributed by atoms with Crippen LogP contribution in [0.15, 0.2) is 82.4 Å². The van der Waals surface area contributed by atoms with Gasteiger partial charge in [0.25, 0.3) is 0 Å². The van der Waals surface area contributed by atoms with Crippen LogP contribution in [0.25, 0.3) is 23.1 Å². The van der Waals surface area contributed by atoms with E-state index < -0.39 is 0 Å². The zero-order valence-corrected chi connectivity index (χ0v) is 18.4. The van der Waals surface area contributed by atoms with Gasteiger partial charge in [0.15, 0.2) is 0 Å². The minimum atomic E-state index is 0.154. The number of fused-ring (bicyclic) bond motifs is 1. The van der Waals surface area contributed by atoms with Gasteiger partial charge in [0.05, 0.1) is 30.2 Å². The maximum atomic E-state index is 10.0. The molecule has 0 amide bonds. The topological polar surface area (TPSA) is 66.7 Å². The minimum Gasteiger partial charge on any atom is -0.507 e. The SMILES string of the molecule is COc1ccc2nc(C=Cc3ccccc3)cc(NN=Cc3cc(Br)ccc3O)c2c1. The molecule has 0 saturated heterocycles. The number of hydrazone groups is 1. The number of anilines is 1. The van der Waals surface area contributed by atoms with E-state index >= 15 is 0 Å². The largest absolute Gasteiger partial charge is 0.507 e. The van der Waals surface area contributed by atoms with Gasteiger partial charge in [-0.2, -0.15) is 5.10 Å². The number of pyridine rings is 1. The Kier molecular flexibility index (Phi) is 6.29. The van der Waals surface area contributed by atoms with E-state index in [-0.39, 0.29) is 5.75 Å². The Labute approximate surface area is 188 Å². The third-order valence-corrected chi connectivity index (χ3v) is 5.15. The number of aromatic nitrogens is 1. The number of nitrogens with one attached hydrogen (secondary N) is 1. The Morgan fingerprint density at radius 1 is 1.00 bits per heavy atom. The number of nitrogens with zero attached hydrogens (tertiary/aromatic N) is 2. The Balaban J connectivity index is 1.69. The van der Waals surface area contributed by atoms with Crippen LogP contribution in [-0.2, 0) is 0 Å². The monoisotopic (exact) mass is 473 g/mol. The Hall–Kier alpha value is -3.64. The van der Waals surface area contributed by atoms with E-state index in [0.29, 0.717) is 5.56 Å². The lowest BCUT2D eigenvalue weighted by molar-refractivity contribution is 0.415. The molecule has 154 valence electrons. The average Bonchev–Trinajstić information content (AvgIpc) is 2.80. The lowest BCUT2D eigenvalue weighted by Crippen LogP contribution is -1.96. The number of benzene rings is 3. The van der Waals surface area contributed by atoms with Gasteiger partial charge >= 0.3 is 0 Å². The fraction of sp³-hybridized carbons (Fsp3) is 0.0400. The van der Waals surface area contributed by atoms with Crippen LogP contribution in [0.2, 0.25) is 0 Å². The first kappa shape index (κ1) is 20.6. The predicted octanol–water partition coefficient (Wildman–Crippen LogP) is 6.33. The summed E-state index contributed by atoms with van der Waals surface area (Å²) >= 11 is 3.40. The van der Waals surface area contributed by atoms with Gasteiger partial charge in [-0.15, -0.1) is 0 Å². The molecule has 0 saturated carbocycles. The van der Waals surface area contributed by atoms with Crippen molar-refractivity contribution >= 4 is 50.9 Å². The van der Waals surface area contributed by atoms with Crippen LogP contribution in [0.4, 0.5) is 5.69 Å². The zero-order valence-electron chi connectivity index (χ0n) is 16.8. The Bertz CT molecular complexity index is 1270. The van der Waals surface area contributed by atoms with Crippen molar-refractivity contribution in [2.24, 2.45) is 5.10 Å². The van der Waals surface area contributed by atoms with E-state index in [1.807, 2.05) is 66.7 Å². The second-order valence-electron chi connectivity index (χ2n) is 6.79. The van der Waals surface area contributed by atoms with Crippen LogP contribution in [-0.4, -0.2) is 23.4 Å².